The van der Waals surface area contributed by atoms with Gasteiger partial charge in [0, 0.05) is 33.3 Å². The molecule has 0 aliphatic carbocycles. The maximum Gasteiger partial charge on any atom is 0.271 e. The maximum atomic E-state index is 13.1. The summed E-state index contributed by atoms with van der Waals surface area (Å²) in [5.74, 6) is -1.84. The SMILES string of the molecule is O=C(N/N=C/c1ccc(Sc2ccccn2)s1)c1cccc(F)c1.O=C(N/N=C/c1cccc(Sc2ccccn2)c1)c1cccc(F)c1. The zero-order chi connectivity index (χ0) is 34.3. The van der Waals surface area contributed by atoms with Crippen LogP contribution in [0.15, 0.2) is 163 Å². The van der Waals surface area contributed by atoms with Crippen molar-refractivity contribution in [2.45, 2.75) is 19.2 Å². The molecule has 0 aliphatic rings. The average molecular weight is 709 g/mol. The van der Waals surface area contributed by atoms with Crippen molar-refractivity contribution < 1.29 is 18.4 Å². The number of hydrazone groups is 2. The Morgan fingerprint density at radius 1 is 0.633 bits per heavy atom. The molecule has 13 heteroatoms. The van der Waals surface area contributed by atoms with Crippen molar-refractivity contribution in [1.29, 1.82) is 0 Å². The number of carbonyl (C=O) groups excluding carboxylic acids is 2. The Balaban J connectivity index is 0.000000191. The lowest BCUT2D eigenvalue weighted by Crippen LogP contribution is -2.17. The van der Waals surface area contributed by atoms with Gasteiger partial charge in [-0.3, -0.25) is 9.59 Å². The van der Waals surface area contributed by atoms with E-state index in [2.05, 4.69) is 31.0 Å². The van der Waals surface area contributed by atoms with E-state index in [4.69, 9.17) is 0 Å². The Labute approximate surface area is 293 Å². The quantitative estimate of drug-likeness (QED) is 0.109. The lowest BCUT2D eigenvalue weighted by Gasteiger charge is -2.02. The van der Waals surface area contributed by atoms with Crippen molar-refractivity contribution in [3.8, 4) is 0 Å². The van der Waals surface area contributed by atoms with Gasteiger partial charge in [-0.15, -0.1) is 11.3 Å². The van der Waals surface area contributed by atoms with Crippen LogP contribution < -0.4 is 10.9 Å². The number of aromatic nitrogens is 2. The average Bonchev–Trinajstić information content (AvgIpc) is 3.56. The number of amides is 2. The number of benzene rings is 3. The third-order valence-corrected chi connectivity index (χ3v) is 9.12. The molecule has 0 bridgehead atoms. The molecule has 3 aromatic heterocycles. The van der Waals surface area contributed by atoms with Crippen molar-refractivity contribution >= 4 is 59.1 Å². The van der Waals surface area contributed by atoms with Crippen LogP contribution in [-0.4, -0.2) is 34.2 Å². The number of rotatable bonds is 10. The summed E-state index contributed by atoms with van der Waals surface area (Å²) in [6, 6.07) is 34.0. The number of hydrogen-bond acceptors (Lipinski definition) is 9. The van der Waals surface area contributed by atoms with Crippen LogP contribution in [0.5, 0.6) is 0 Å². The van der Waals surface area contributed by atoms with E-state index in [-0.39, 0.29) is 11.1 Å². The van der Waals surface area contributed by atoms with Crippen LogP contribution in [0.3, 0.4) is 0 Å². The Hall–Kier alpha value is -5.50. The van der Waals surface area contributed by atoms with Gasteiger partial charge in [-0.1, -0.05) is 59.9 Å². The summed E-state index contributed by atoms with van der Waals surface area (Å²) in [5.41, 5.74) is 6.05. The Bertz CT molecular complexity index is 2060. The zero-order valence-corrected chi connectivity index (χ0v) is 27.9. The molecule has 6 rings (SSSR count). The van der Waals surface area contributed by atoms with Crippen LogP contribution in [0.25, 0.3) is 0 Å². The van der Waals surface area contributed by atoms with Gasteiger partial charge >= 0.3 is 0 Å². The van der Waals surface area contributed by atoms with E-state index < -0.39 is 23.4 Å². The Kier molecular flexibility index (Phi) is 12.9. The molecule has 0 unspecified atom stereocenters. The van der Waals surface area contributed by atoms with Gasteiger partial charge in [0.1, 0.15) is 21.7 Å². The molecule has 8 nitrogen and oxygen atoms in total. The smallest absolute Gasteiger partial charge is 0.267 e. The van der Waals surface area contributed by atoms with Gasteiger partial charge in [0.2, 0.25) is 0 Å². The number of halogens is 2. The fraction of sp³-hybridized carbons (Fsp3) is 0. The zero-order valence-electron chi connectivity index (χ0n) is 25.4. The molecule has 49 heavy (non-hydrogen) atoms. The summed E-state index contributed by atoms with van der Waals surface area (Å²) in [6.45, 7) is 0. The highest BCUT2D eigenvalue weighted by molar-refractivity contribution is 8.01. The van der Waals surface area contributed by atoms with E-state index in [1.54, 1.807) is 36.6 Å². The van der Waals surface area contributed by atoms with E-state index >= 15 is 0 Å². The van der Waals surface area contributed by atoms with Gasteiger partial charge < -0.3 is 0 Å². The van der Waals surface area contributed by atoms with Crippen molar-refractivity contribution in [3.05, 3.63) is 167 Å². The van der Waals surface area contributed by atoms with Crippen LogP contribution in [-0.2, 0) is 0 Å². The normalized spacial score (nSPS) is 10.8. The molecule has 0 fully saturated rings. The fourth-order valence-electron chi connectivity index (χ4n) is 3.86. The number of nitrogens with one attached hydrogen (secondary N) is 2. The molecule has 6 aromatic rings. The summed E-state index contributed by atoms with van der Waals surface area (Å²) < 4.78 is 27.3. The largest absolute Gasteiger partial charge is 0.271 e. The highest BCUT2D eigenvalue weighted by Gasteiger charge is 2.07. The first-order valence-electron chi connectivity index (χ1n) is 14.5. The second kappa shape index (κ2) is 18.2. The van der Waals surface area contributed by atoms with Crippen LogP contribution in [0, 0.1) is 11.6 Å². The Morgan fingerprint density at radius 3 is 1.82 bits per heavy atom. The van der Waals surface area contributed by atoms with Gasteiger partial charge in [-0.2, -0.15) is 10.2 Å². The number of nitrogens with zero attached hydrogens (tertiary/aromatic N) is 4. The summed E-state index contributed by atoms with van der Waals surface area (Å²) in [4.78, 5) is 34.2. The summed E-state index contributed by atoms with van der Waals surface area (Å²) in [5, 5.41) is 9.65. The van der Waals surface area contributed by atoms with Gasteiger partial charge in [0.15, 0.2) is 0 Å². The van der Waals surface area contributed by atoms with Crippen LogP contribution >= 0.6 is 34.9 Å². The minimum atomic E-state index is -0.463. The predicted octanol–water partition coefficient (Wildman–Crippen LogP) is 8.33. The minimum absolute atomic E-state index is 0.219. The highest BCUT2D eigenvalue weighted by atomic mass is 32.2. The third kappa shape index (κ3) is 11.6. The topological polar surface area (TPSA) is 109 Å². The molecule has 0 aliphatic heterocycles. The van der Waals surface area contributed by atoms with E-state index in [9.17, 15) is 18.4 Å². The lowest BCUT2D eigenvalue weighted by molar-refractivity contribution is 0.0946. The van der Waals surface area contributed by atoms with Crippen LogP contribution in [0.2, 0.25) is 0 Å². The molecule has 244 valence electrons. The molecule has 0 saturated carbocycles. The van der Waals surface area contributed by atoms with Gasteiger partial charge in [-0.05, 0) is 90.5 Å². The monoisotopic (exact) mass is 708 g/mol. The molecular formula is C36H26F2N6O2S3. The molecular weight excluding hydrogens is 683 g/mol. The van der Waals surface area contributed by atoms with Crippen molar-refractivity contribution in [2.75, 3.05) is 0 Å². The number of hydrogen-bond donors (Lipinski definition) is 2. The number of pyridine rings is 2. The molecule has 0 spiro atoms. The molecule has 2 amide bonds. The molecule has 3 heterocycles. The van der Waals surface area contributed by atoms with Crippen LogP contribution in [0.1, 0.15) is 31.2 Å². The summed E-state index contributed by atoms with van der Waals surface area (Å²) >= 11 is 4.64. The fourth-order valence-corrected chi connectivity index (χ4v) is 6.63. The lowest BCUT2D eigenvalue weighted by atomic mass is 10.2. The first-order valence-corrected chi connectivity index (χ1v) is 16.9. The van der Waals surface area contributed by atoms with E-state index in [1.165, 1.54) is 59.5 Å². The number of carbonyl (C=O) groups is 2. The van der Waals surface area contributed by atoms with Crippen molar-refractivity contribution in [2.24, 2.45) is 10.2 Å². The molecule has 3 aromatic carbocycles. The van der Waals surface area contributed by atoms with E-state index in [0.29, 0.717) is 0 Å². The molecule has 0 radical (unpaired) electrons. The van der Waals surface area contributed by atoms with Crippen molar-refractivity contribution in [3.63, 3.8) is 0 Å². The second-order valence-corrected chi connectivity index (χ2v) is 13.2. The first kappa shape index (κ1) is 34.8. The molecule has 0 saturated heterocycles. The second-order valence-electron chi connectivity index (χ2n) is 9.69. The molecule has 0 atom stereocenters. The Morgan fingerprint density at radius 2 is 1.22 bits per heavy atom. The summed E-state index contributed by atoms with van der Waals surface area (Å²) in [7, 11) is 0. The van der Waals surface area contributed by atoms with E-state index in [1.807, 2.05) is 72.8 Å². The third-order valence-electron chi connectivity index (χ3n) is 6.07. The van der Waals surface area contributed by atoms with Gasteiger partial charge in [0.05, 0.1) is 16.6 Å². The standard InChI is InChI=1S/C19H14FN3OS.C17H12FN3OS2/c20-16-7-4-6-15(12-16)19(24)23-22-13-14-5-3-8-17(11-14)25-18-9-1-2-10-21-18;18-13-5-3-4-12(10-13)17(22)21-20-11-14-7-8-16(23-14)24-15-6-1-2-9-19-15/h1-13H,(H,23,24);1-11H,(H,21,22)/b22-13+;20-11+. The predicted molar refractivity (Wildman–Crippen MR) is 190 cm³/mol. The first-order chi connectivity index (χ1) is 23.9. The van der Waals surface area contributed by atoms with E-state index in [0.717, 1.165) is 41.7 Å². The number of thiophene rings is 1. The van der Waals surface area contributed by atoms with Gasteiger partial charge in [0.25, 0.3) is 11.8 Å². The van der Waals surface area contributed by atoms with Crippen molar-refractivity contribution in [1.82, 2.24) is 20.8 Å². The minimum Gasteiger partial charge on any atom is -0.267 e. The van der Waals surface area contributed by atoms with Crippen LogP contribution in [0.4, 0.5) is 8.78 Å². The maximum absolute atomic E-state index is 13.1. The van der Waals surface area contributed by atoms with Gasteiger partial charge in [-0.25, -0.2) is 29.6 Å². The highest BCUT2D eigenvalue weighted by Crippen LogP contribution is 2.31. The summed E-state index contributed by atoms with van der Waals surface area (Å²) in [6.07, 6.45) is 6.60. The molecule has 2 N–H and O–H groups in total.